The van der Waals surface area contributed by atoms with Gasteiger partial charge >= 0.3 is 6.18 Å². The van der Waals surface area contributed by atoms with Gasteiger partial charge in [0.2, 0.25) is 5.95 Å². The van der Waals surface area contributed by atoms with Crippen LogP contribution in [-0.4, -0.2) is 57.7 Å². The number of fused-ring (bicyclic) bond motifs is 3. The average Bonchev–Trinajstić information content (AvgIpc) is 3.27. The minimum Gasteiger partial charge on any atom is -0.480 e. The van der Waals surface area contributed by atoms with Crippen LogP contribution in [0.4, 0.5) is 29.2 Å². The Hall–Kier alpha value is -3.44. The Morgan fingerprint density at radius 2 is 2.18 bits per heavy atom. The highest BCUT2D eigenvalue weighted by molar-refractivity contribution is 5.69. The van der Waals surface area contributed by atoms with Gasteiger partial charge in [-0.05, 0) is 37.0 Å². The molecule has 1 saturated carbocycles. The summed E-state index contributed by atoms with van der Waals surface area (Å²) in [5, 5.41) is 15.8. The van der Waals surface area contributed by atoms with E-state index in [4.69, 9.17) is 10.1 Å². The standard InChI is InChI=1S/C21H21F4N7O/c22-14-8-27-6-4-15(14)31-9-13-3-5-20(10-26,11-31)17(13)28-19-29-18-16(33-12-21(23,24)25)2-1-7-32(18)30-19/h1-2,4,6-8,10,13,17,26H,3,5,9,11-12H2,(H,28,30)/t13-,17-,20?/m0/s1. The van der Waals surface area contributed by atoms with E-state index in [-0.39, 0.29) is 29.3 Å². The fourth-order valence-electron chi connectivity index (χ4n) is 4.95. The number of hydrogen-bond donors (Lipinski definition) is 2. The summed E-state index contributed by atoms with van der Waals surface area (Å²) in [4.78, 5) is 10.1. The summed E-state index contributed by atoms with van der Waals surface area (Å²) in [5.74, 6) is -0.0925. The fourth-order valence-corrected chi connectivity index (χ4v) is 4.95. The van der Waals surface area contributed by atoms with Gasteiger partial charge in [0.05, 0.1) is 11.9 Å². The monoisotopic (exact) mass is 463 g/mol. The molecule has 12 heteroatoms. The van der Waals surface area contributed by atoms with Gasteiger partial charge in [-0.2, -0.15) is 18.2 Å². The first-order valence-corrected chi connectivity index (χ1v) is 10.5. The van der Waals surface area contributed by atoms with Gasteiger partial charge in [0, 0.05) is 43.2 Å². The van der Waals surface area contributed by atoms with E-state index in [1.54, 1.807) is 18.5 Å². The van der Waals surface area contributed by atoms with Gasteiger partial charge in [-0.25, -0.2) is 8.91 Å². The number of anilines is 2. The molecule has 8 nitrogen and oxygen atoms in total. The molecule has 1 unspecified atom stereocenters. The second-order valence-electron chi connectivity index (χ2n) is 8.49. The van der Waals surface area contributed by atoms with Gasteiger partial charge in [-0.1, -0.05) is 0 Å². The molecule has 33 heavy (non-hydrogen) atoms. The summed E-state index contributed by atoms with van der Waals surface area (Å²) in [7, 11) is 0. The van der Waals surface area contributed by atoms with Crippen molar-refractivity contribution in [3.05, 3.63) is 42.6 Å². The van der Waals surface area contributed by atoms with E-state index in [9.17, 15) is 17.6 Å². The zero-order valence-electron chi connectivity index (χ0n) is 17.4. The summed E-state index contributed by atoms with van der Waals surface area (Å²) >= 11 is 0. The predicted molar refractivity (Wildman–Crippen MR) is 112 cm³/mol. The number of pyridine rings is 2. The maximum atomic E-state index is 14.3. The topological polar surface area (TPSA) is 91.4 Å². The molecule has 1 aliphatic heterocycles. The number of nitrogens with one attached hydrogen (secondary N) is 2. The molecule has 2 aliphatic rings. The number of piperidine rings is 1. The lowest BCUT2D eigenvalue weighted by Gasteiger charge is -2.45. The van der Waals surface area contributed by atoms with Crippen LogP contribution in [0.2, 0.25) is 0 Å². The van der Waals surface area contributed by atoms with Gasteiger partial charge in [0.1, 0.15) is 0 Å². The highest BCUT2D eigenvalue weighted by Gasteiger charge is 2.53. The van der Waals surface area contributed by atoms with E-state index in [0.717, 1.165) is 12.8 Å². The van der Waals surface area contributed by atoms with Gasteiger partial charge < -0.3 is 20.4 Å². The summed E-state index contributed by atoms with van der Waals surface area (Å²) < 4.78 is 58.3. The lowest BCUT2D eigenvalue weighted by Crippen LogP contribution is -2.56. The number of hydrogen-bond acceptors (Lipinski definition) is 7. The molecule has 3 aromatic rings. The Labute approximate surface area is 186 Å². The van der Waals surface area contributed by atoms with Crippen molar-refractivity contribution in [2.45, 2.75) is 25.1 Å². The zero-order valence-corrected chi connectivity index (χ0v) is 17.4. The van der Waals surface area contributed by atoms with E-state index in [1.807, 2.05) is 4.90 Å². The summed E-state index contributed by atoms with van der Waals surface area (Å²) in [6.45, 7) is -0.397. The van der Waals surface area contributed by atoms with Crippen LogP contribution in [0, 0.1) is 22.6 Å². The van der Waals surface area contributed by atoms with Crippen LogP contribution < -0.4 is 15.0 Å². The van der Waals surface area contributed by atoms with Crippen LogP contribution in [0.15, 0.2) is 36.8 Å². The summed E-state index contributed by atoms with van der Waals surface area (Å²) in [6.07, 6.45) is 2.82. The molecule has 0 amide bonds. The van der Waals surface area contributed by atoms with Crippen molar-refractivity contribution in [3.8, 4) is 5.75 Å². The number of ether oxygens (including phenoxy) is 1. The Morgan fingerprint density at radius 3 is 2.94 bits per heavy atom. The second kappa shape index (κ2) is 7.85. The summed E-state index contributed by atoms with van der Waals surface area (Å²) in [6, 6.07) is 4.39. The molecule has 2 fully saturated rings. The van der Waals surface area contributed by atoms with Crippen LogP contribution in [0.3, 0.4) is 0 Å². The summed E-state index contributed by atoms with van der Waals surface area (Å²) in [5.41, 5.74) is 0.0572. The van der Waals surface area contributed by atoms with Gasteiger partial charge in [0.25, 0.3) is 0 Å². The van der Waals surface area contributed by atoms with Crippen LogP contribution in [0.5, 0.6) is 5.75 Å². The van der Waals surface area contributed by atoms with E-state index >= 15 is 0 Å². The van der Waals surface area contributed by atoms with Gasteiger partial charge in [-0.3, -0.25) is 4.98 Å². The van der Waals surface area contributed by atoms with Crippen molar-refractivity contribution >= 4 is 23.5 Å². The van der Waals surface area contributed by atoms with Crippen molar-refractivity contribution in [1.29, 1.82) is 5.41 Å². The molecule has 3 atom stereocenters. The van der Waals surface area contributed by atoms with Crippen LogP contribution >= 0.6 is 0 Å². The molecule has 1 saturated heterocycles. The Kier molecular flexibility index (Phi) is 5.09. The largest absolute Gasteiger partial charge is 0.480 e. The van der Waals surface area contributed by atoms with Crippen LogP contribution in [-0.2, 0) is 0 Å². The molecule has 0 aromatic carbocycles. The van der Waals surface area contributed by atoms with E-state index in [1.165, 1.54) is 29.1 Å². The highest BCUT2D eigenvalue weighted by atomic mass is 19.4. The number of halogens is 4. The number of nitrogens with zero attached hydrogens (tertiary/aromatic N) is 5. The van der Waals surface area contributed by atoms with Crippen LogP contribution in [0.1, 0.15) is 12.8 Å². The molecule has 0 spiro atoms. The minimum atomic E-state index is -4.47. The third-order valence-corrected chi connectivity index (χ3v) is 6.39. The smallest absolute Gasteiger partial charge is 0.422 e. The van der Waals surface area contributed by atoms with Gasteiger partial charge in [0.15, 0.2) is 23.8 Å². The quantitative estimate of drug-likeness (QED) is 0.429. The first kappa shape index (κ1) is 21.4. The molecular weight excluding hydrogens is 442 g/mol. The van der Waals surface area contributed by atoms with E-state index < -0.39 is 24.0 Å². The third kappa shape index (κ3) is 3.93. The molecule has 2 N–H and O–H groups in total. The SMILES string of the molecule is N=CC12CC[C@@H](CN(c3ccncc3F)C1)[C@@H]2Nc1nc2c(OCC(F)(F)F)cccn2n1. The van der Waals surface area contributed by atoms with Gasteiger partial charge in [-0.15, -0.1) is 5.10 Å². The lowest BCUT2D eigenvalue weighted by atomic mass is 9.78. The number of aromatic nitrogens is 4. The van der Waals surface area contributed by atoms with Crippen molar-refractivity contribution < 1.29 is 22.3 Å². The van der Waals surface area contributed by atoms with Crippen molar-refractivity contribution in [2.24, 2.45) is 11.3 Å². The highest BCUT2D eigenvalue weighted by Crippen LogP contribution is 2.47. The van der Waals surface area contributed by atoms with Crippen LogP contribution in [0.25, 0.3) is 5.65 Å². The molecule has 1 aliphatic carbocycles. The van der Waals surface area contributed by atoms with E-state index in [2.05, 4.69) is 20.4 Å². The molecule has 4 heterocycles. The fraction of sp³-hybridized carbons (Fsp3) is 0.429. The molecular formula is C21H21F4N7O. The average molecular weight is 463 g/mol. The molecule has 2 bridgehead atoms. The van der Waals surface area contributed by atoms with Crippen molar-refractivity contribution in [2.75, 3.05) is 29.9 Å². The molecule has 0 radical (unpaired) electrons. The predicted octanol–water partition coefficient (Wildman–Crippen LogP) is 3.55. The lowest BCUT2D eigenvalue weighted by molar-refractivity contribution is -0.153. The first-order valence-electron chi connectivity index (χ1n) is 10.5. The second-order valence-corrected chi connectivity index (χ2v) is 8.49. The van der Waals surface area contributed by atoms with Crippen molar-refractivity contribution in [3.63, 3.8) is 0 Å². The molecule has 174 valence electrons. The first-order chi connectivity index (χ1) is 15.8. The minimum absolute atomic E-state index is 0.0249. The Bertz CT molecular complexity index is 1180. The normalized spacial score (nSPS) is 24.8. The van der Waals surface area contributed by atoms with Crippen molar-refractivity contribution in [1.82, 2.24) is 19.6 Å². The maximum Gasteiger partial charge on any atom is 0.422 e. The molecule has 5 rings (SSSR count). The number of alkyl halides is 3. The zero-order chi connectivity index (χ0) is 23.2. The maximum absolute atomic E-state index is 14.3. The van der Waals surface area contributed by atoms with E-state index in [0.29, 0.717) is 18.8 Å². The molecule has 3 aromatic heterocycles. The number of rotatable bonds is 6. The Balaban J connectivity index is 1.39. The Morgan fingerprint density at radius 1 is 1.33 bits per heavy atom. The third-order valence-electron chi connectivity index (χ3n) is 6.39.